The zero-order chi connectivity index (χ0) is 49.6. The second kappa shape index (κ2) is 17.8. The predicted molar refractivity (Wildman–Crippen MR) is 269 cm³/mol. The normalized spacial score (nSPS) is 20.3. The van der Waals surface area contributed by atoms with E-state index in [-0.39, 0.29) is 21.7 Å². The highest BCUT2D eigenvalue weighted by molar-refractivity contribution is 7.32. The SMILES string of the molecule is COc1cc(C(C)(C)C)c2op(O[C@H]3[C@H]4OC(C)(C)O[C@H]4O[C@@H]3[C@@H](C)Op3oc4c(C(C)(C)C)cc(OC)cc4c4cc(OC)cc(C(C)(C)C)c4o3)oc3c(C(C)(C)C)cc(OC)cc3c2c1. The summed E-state index contributed by atoms with van der Waals surface area (Å²) in [5.74, 6) is 1.79. The van der Waals surface area contributed by atoms with E-state index in [0.717, 1.165) is 43.8 Å². The molecule has 0 spiro atoms. The maximum atomic E-state index is 7.19. The van der Waals surface area contributed by atoms with Gasteiger partial charge in [0.2, 0.25) is 0 Å². The average molecular weight is 977 g/mol. The molecule has 2 aliphatic rings. The molecule has 2 saturated heterocycles. The van der Waals surface area contributed by atoms with Gasteiger partial charge in [0.1, 0.15) is 63.6 Å². The Morgan fingerprint density at radius 3 is 1.12 bits per heavy atom. The Kier molecular flexibility index (Phi) is 13.1. The fourth-order valence-electron chi connectivity index (χ4n) is 9.02. The molecule has 68 heavy (non-hydrogen) atoms. The van der Waals surface area contributed by atoms with E-state index in [0.29, 0.717) is 45.3 Å². The highest BCUT2D eigenvalue weighted by Gasteiger charge is 2.58. The number of methoxy groups -OCH3 is 4. The first-order valence-electron chi connectivity index (χ1n) is 23.2. The van der Waals surface area contributed by atoms with E-state index in [1.165, 1.54) is 0 Å². The van der Waals surface area contributed by atoms with E-state index < -0.39 is 53.0 Å². The summed E-state index contributed by atoms with van der Waals surface area (Å²) in [7, 11) is 2.31. The molecule has 6 aromatic rings. The molecule has 0 N–H and O–H groups in total. The lowest BCUT2D eigenvalue weighted by molar-refractivity contribution is -0.218. The summed E-state index contributed by atoms with van der Waals surface area (Å²) in [6.07, 6.45) is -3.77. The molecule has 4 aromatic carbocycles. The van der Waals surface area contributed by atoms with Gasteiger partial charge in [-0.3, -0.25) is 9.05 Å². The number of fused-ring (bicyclic) bond motifs is 7. The molecular formula is C53H70O13P2. The van der Waals surface area contributed by atoms with Crippen molar-refractivity contribution in [1.82, 2.24) is 0 Å². The van der Waals surface area contributed by atoms with Crippen molar-refractivity contribution < 1.29 is 59.0 Å². The standard InChI is InChI=1S/C53H70O13P2/c1-28(61-67-62-42-33(20-29(54-16)24-37(42)49(2,3)4)34-21-30(55-17)25-38(43(34)63-67)50(5,6)7)41-46(47-48(58-41)60-53(14,15)59-47)66-68-64-44-35(22-31(56-18)26-39(44)51(8,9)10)36-23-32(57-19)27-40(45(36)65-68)52(11,12)13/h20-28,41,46-48H,1-19H3/t28-,41-,46-,47-,48-/m1/s1. The quantitative estimate of drug-likeness (QED) is 0.136. The van der Waals surface area contributed by atoms with Crippen molar-refractivity contribution in [3.8, 4) is 23.0 Å². The van der Waals surface area contributed by atoms with Crippen LogP contribution in [-0.4, -0.2) is 64.9 Å². The summed E-state index contributed by atoms with van der Waals surface area (Å²) in [6.45, 7) is 31.3. The van der Waals surface area contributed by atoms with E-state index in [9.17, 15) is 0 Å². The van der Waals surface area contributed by atoms with Crippen molar-refractivity contribution in [3.63, 3.8) is 0 Å². The zero-order valence-corrected chi connectivity index (χ0v) is 45.0. The Morgan fingerprint density at radius 2 is 0.809 bits per heavy atom. The van der Waals surface area contributed by atoms with Crippen molar-refractivity contribution in [2.75, 3.05) is 28.4 Å². The van der Waals surface area contributed by atoms with Crippen LogP contribution < -0.4 is 28.0 Å². The molecule has 2 aromatic heterocycles. The lowest BCUT2D eigenvalue weighted by atomic mass is 9.84. The Hall–Kier alpha value is -4.32. The van der Waals surface area contributed by atoms with Gasteiger partial charge in [0.05, 0.1) is 34.5 Å². The van der Waals surface area contributed by atoms with E-state index in [1.54, 1.807) is 28.4 Å². The minimum Gasteiger partial charge on any atom is -0.497 e. The van der Waals surface area contributed by atoms with Crippen molar-refractivity contribution in [2.24, 2.45) is 0 Å². The lowest BCUT2D eigenvalue weighted by Crippen LogP contribution is -2.44. The highest BCUT2D eigenvalue weighted by Crippen LogP contribution is 2.49. The molecule has 2 aliphatic heterocycles. The average Bonchev–Trinajstić information content (AvgIpc) is 3.59. The van der Waals surface area contributed by atoms with Gasteiger partial charge in [0.15, 0.2) is 12.1 Å². The smallest absolute Gasteiger partial charge is 0.387 e. The Bertz CT molecular complexity index is 2790. The van der Waals surface area contributed by atoms with Crippen LogP contribution >= 0.6 is 16.5 Å². The molecule has 2 fully saturated rings. The first-order valence-corrected chi connectivity index (χ1v) is 25.4. The van der Waals surface area contributed by atoms with E-state index in [2.05, 4.69) is 83.1 Å². The predicted octanol–water partition coefficient (Wildman–Crippen LogP) is 14.3. The molecule has 4 heterocycles. The highest BCUT2D eigenvalue weighted by atomic mass is 31.1. The molecule has 0 saturated carbocycles. The Balaban J connectivity index is 1.34. The Morgan fingerprint density at radius 1 is 0.485 bits per heavy atom. The fraction of sp³-hybridized carbons (Fsp3) is 0.547. The number of benzene rings is 4. The van der Waals surface area contributed by atoms with Gasteiger partial charge in [0, 0.05) is 43.8 Å². The van der Waals surface area contributed by atoms with Crippen LogP contribution in [0.4, 0.5) is 0 Å². The van der Waals surface area contributed by atoms with Crippen molar-refractivity contribution >= 4 is 60.4 Å². The van der Waals surface area contributed by atoms with Crippen molar-refractivity contribution in [1.29, 1.82) is 0 Å². The van der Waals surface area contributed by atoms with Gasteiger partial charge >= 0.3 is 16.5 Å². The second-order valence-electron chi connectivity index (χ2n) is 22.5. The van der Waals surface area contributed by atoms with Crippen LogP contribution in [0.25, 0.3) is 43.9 Å². The van der Waals surface area contributed by atoms with E-state index in [4.69, 9.17) is 59.0 Å². The van der Waals surface area contributed by atoms with Gasteiger partial charge in [-0.25, -0.2) is 0 Å². The van der Waals surface area contributed by atoms with Crippen LogP contribution in [0.15, 0.2) is 65.3 Å². The van der Waals surface area contributed by atoms with Gasteiger partial charge in [-0.2, -0.15) is 0 Å². The summed E-state index contributed by atoms with van der Waals surface area (Å²) >= 11 is 0. The molecule has 8 rings (SSSR count). The van der Waals surface area contributed by atoms with Gasteiger partial charge in [0.25, 0.3) is 0 Å². The van der Waals surface area contributed by atoms with Crippen LogP contribution in [-0.2, 0) is 35.9 Å². The topological polar surface area (TPSA) is 136 Å². The number of rotatable bonds is 9. The summed E-state index contributed by atoms with van der Waals surface area (Å²) in [4.78, 5) is 0. The van der Waals surface area contributed by atoms with E-state index in [1.807, 2.05) is 69.3 Å². The number of hydrogen-bond acceptors (Lipinski definition) is 13. The fourth-order valence-corrected chi connectivity index (χ4v) is 11.5. The lowest BCUT2D eigenvalue weighted by Gasteiger charge is -2.27. The largest absolute Gasteiger partial charge is 0.497 e. The first kappa shape index (κ1) is 50.1. The number of hydrogen-bond donors (Lipinski definition) is 0. The Labute approximate surface area is 402 Å². The monoisotopic (exact) mass is 976 g/mol. The molecule has 370 valence electrons. The molecule has 15 heteroatoms. The maximum Gasteiger partial charge on any atom is 0.387 e. The molecule has 5 atom stereocenters. The van der Waals surface area contributed by atoms with Crippen molar-refractivity contribution in [3.05, 3.63) is 70.8 Å². The summed E-state index contributed by atoms with van der Waals surface area (Å²) in [5.41, 5.74) is 4.73. The molecule has 0 radical (unpaired) electrons. The molecule has 0 unspecified atom stereocenters. The molecule has 0 bridgehead atoms. The van der Waals surface area contributed by atoms with Crippen LogP contribution in [0.3, 0.4) is 0 Å². The molecule has 0 amide bonds. The first-order chi connectivity index (χ1) is 31.6. The van der Waals surface area contributed by atoms with Crippen LogP contribution in [0, 0.1) is 0 Å². The third-order valence-corrected chi connectivity index (χ3v) is 14.9. The van der Waals surface area contributed by atoms with Crippen LogP contribution in [0.5, 0.6) is 23.0 Å². The summed E-state index contributed by atoms with van der Waals surface area (Å²) in [6, 6.07) is 16.0. The molecule has 0 aliphatic carbocycles. The minimum absolute atomic E-state index is 0.359. The second-order valence-corrected chi connectivity index (χ2v) is 24.5. The van der Waals surface area contributed by atoms with Crippen LogP contribution in [0.2, 0.25) is 0 Å². The van der Waals surface area contributed by atoms with Gasteiger partial charge in [-0.05, 0) is 91.0 Å². The minimum atomic E-state index is -2.21. The van der Waals surface area contributed by atoms with Gasteiger partial charge in [-0.1, -0.05) is 83.1 Å². The number of ether oxygens (including phenoxy) is 7. The zero-order valence-electron chi connectivity index (χ0n) is 43.2. The van der Waals surface area contributed by atoms with Gasteiger partial charge < -0.3 is 49.9 Å². The maximum absolute atomic E-state index is 7.19. The van der Waals surface area contributed by atoms with Crippen LogP contribution in [0.1, 0.15) is 126 Å². The van der Waals surface area contributed by atoms with E-state index >= 15 is 0 Å². The summed E-state index contributed by atoms with van der Waals surface area (Å²) < 4.78 is 85.7. The van der Waals surface area contributed by atoms with Gasteiger partial charge in [-0.15, -0.1) is 0 Å². The third kappa shape index (κ3) is 9.62. The van der Waals surface area contributed by atoms with Crippen molar-refractivity contribution in [2.45, 2.75) is 162 Å². The molecular weight excluding hydrogens is 907 g/mol. The molecule has 13 nitrogen and oxygen atoms in total. The third-order valence-electron chi connectivity index (χ3n) is 12.6. The summed E-state index contributed by atoms with van der Waals surface area (Å²) in [5, 5.41) is 3.20.